The highest BCUT2D eigenvalue weighted by atomic mass is 79.9. The number of hydrogen-bond acceptors (Lipinski definition) is 5. The van der Waals surface area contributed by atoms with Gasteiger partial charge in [0.15, 0.2) is 11.5 Å². The molecular formula is C15H10BrN5O2. The number of esters is 1. The van der Waals surface area contributed by atoms with Gasteiger partial charge in [-0.15, -0.1) is 0 Å². The van der Waals surface area contributed by atoms with Crippen LogP contribution in [0.4, 0.5) is 0 Å². The number of benzene rings is 1. The largest absolute Gasteiger partial charge is 0.465 e. The SMILES string of the molecule is COC(=O)c1cccc2[nH]c(-c3n[nH]c4ncc(Br)cc34)nc12. The second-order valence-corrected chi connectivity index (χ2v) is 5.82. The summed E-state index contributed by atoms with van der Waals surface area (Å²) in [5, 5.41) is 7.98. The number of fused-ring (bicyclic) bond motifs is 2. The van der Waals surface area contributed by atoms with Gasteiger partial charge in [0.25, 0.3) is 0 Å². The van der Waals surface area contributed by atoms with Crippen LogP contribution in [0.25, 0.3) is 33.6 Å². The van der Waals surface area contributed by atoms with Gasteiger partial charge in [0, 0.05) is 10.7 Å². The topological polar surface area (TPSA) is 96.6 Å². The summed E-state index contributed by atoms with van der Waals surface area (Å²) >= 11 is 3.40. The number of nitrogens with one attached hydrogen (secondary N) is 2. The molecule has 0 aliphatic carbocycles. The summed E-state index contributed by atoms with van der Waals surface area (Å²) in [6.45, 7) is 0. The summed E-state index contributed by atoms with van der Waals surface area (Å²) in [5.74, 6) is 0.132. The van der Waals surface area contributed by atoms with E-state index in [4.69, 9.17) is 4.74 Å². The Morgan fingerprint density at radius 2 is 2.22 bits per heavy atom. The molecule has 4 aromatic rings. The second-order valence-electron chi connectivity index (χ2n) is 4.90. The van der Waals surface area contributed by atoms with Crippen molar-refractivity contribution in [3.63, 3.8) is 0 Å². The van der Waals surface area contributed by atoms with Crippen molar-refractivity contribution in [1.29, 1.82) is 0 Å². The van der Waals surface area contributed by atoms with E-state index in [9.17, 15) is 4.79 Å². The lowest BCUT2D eigenvalue weighted by atomic mass is 10.2. The maximum absolute atomic E-state index is 11.9. The van der Waals surface area contributed by atoms with E-state index >= 15 is 0 Å². The van der Waals surface area contributed by atoms with E-state index < -0.39 is 5.97 Å². The highest BCUT2D eigenvalue weighted by molar-refractivity contribution is 9.10. The smallest absolute Gasteiger partial charge is 0.340 e. The van der Waals surface area contributed by atoms with Crippen molar-refractivity contribution in [2.24, 2.45) is 0 Å². The number of imidazole rings is 1. The molecule has 0 radical (unpaired) electrons. The van der Waals surface area contributed by atoms with Crippen molar-refractivity contribution in [2.75, 3.05) is 7.11 Å². The molecule has 0 spiro atoms. The lowest BCUT2D eigenvalue weighted by molar-refractivity contribution is 0.0603. The number of pyridine rings is 1. The number of methoxy groups -OCH3 is 1. The summed E-state index contributed by atoms with van der Waals surface area (Å²) in [6.07, 6.45) is 1.69. The predicted molar refractivity (Wildman–Crippen MR) is 88.0 cm³/mol. The number of hydrogen-bond donors (Lipinski definition) is 2. The molecule has 114 valence electrons. The molecule has 0 fully saturated rings. The number of H-pyrrole nitrogens is 2. The van der Waals surface area contributed by atoms with Gasteiger partial charge in [0.05, 0.1) is 23.6 Å². The molecule has 2 N–H and O–H groups in total. The fourth-order valence-electron chi connectivity index (χ4n) is 2.48. The number of aromatic nitrogens is 5. The minimum Gasteiger partial charge on any atom is -0.465 e. The van der Waals surface area contributed by atoms with E-state index in [1.165, 1.54) is 7.11 Å². The predicted octanol–water partition coefficient (Wildman–Crippen LogP) is 3.05. The van der Waals surface area contributed by atoms with Crippen LogP contribution in [0.15, 0.2) is 34.9 Å². The van der Waals surface area contributed by atoms with Gasteiger partial charge in [-0.25, -0.2) is 14.8 Å². The lowest BCUT2D eigenvalue weighted by Crippen LogP contribution is -2.01. The van der Waals surface area contributed by atoms with Gasteiger partial charge < -0.3 is 9.72 Å². The number of rotatable bonds is 2. The number of halogens is 1. The minimum atomic E-state index is -0.426. The van der Waals surface area contributed by atoms with Crippen molar-refractivity contribution >= 4 is 44.0 Å². The summed E-state index contributed by atoms with van der Waals surface area (Å²) in [4.78, 5) is 23.8. The molecule has 23 heavy (non-hydrogen) atoms. The molecule has 0 amide bonds. The van der Waals surface area contributed by atoms with Crippen LogP contribution in [0.5, 0.6) is 0 Å². The van der Waals surface area contributed by atoms with Crippen LogP contribution < -0.4 is 0 Å². The van der Waals surface area contributed by atoms with E-state index in [2.05, 4.69) is 41.1 Å². The fraction of sp³-hybridized carbons (Fsp3) is 0.0667. The molecule has 0 aliphatic heterocycles. The molecule has 3 aromatic heterocycles. The third-order valence-electron chi connectivity index (χ3n) is 3.53. The molecule has 7 nitrogen and oxygen atoms in total. The van der Waals surface area contributed by atoms with Crippen LogP contribution in [-0.4, -0.2) is 38.2 Å². The summed E-state index contributed by atoms with van der Waals surface area (Å²) in [7, 11) is 1.35. The first-order chi connectivity index (χ1) is 11.2. The van der Waals surface area contributed by atoms with Gasteiger partial charge in [0.1, 0.15) is 11.2 Å². The van der Waals surface area contributed by atoms with Gasteiger partial charge in [0.2, 0.25) is 0 Å². The Morgan fingerprint density at radius 1 is 1.35 bits per heavy atom. The van der Waals surface area contributed by atoms with Gasteiger partial charge in [-0.05, 0) is 34.1 Å². The molecule has 0 bridgehead atoms. The first-order valence-electron chi connectivity index (χ1n) is 6.74. The maximum Gasteiger partial charge on any atom is 0.340 e. The van der Waals surface area contributed by atoms with Crippen molar-refractivity contribution in [2.45, 2.75) is 0 Å². The molecule has 0 unspecified atom stereocenters. The van der Waals surface area contributed by atoms with Crippen LogP contribution >= 0.6 is 15.9 Å². The third-order valence-corrected chi connectivity index (χ3v) is 3.96. The number of aromatic amines is 2. The van der Waals surface area contributed by atoms with Crippen LogP contribution in [-0.2, 0) is 4.74 Å². The monoisotopic (exact) mass is 371 g/mol. The highest BCUT2D eigenvalue weighted by Crippen LogP contribution is 2.28. The Hall–Kier alpha value is -2.74. The number of nitrogens with zero attached hydrogens (tertiary/aromatic N) is 3. The van der Waals surface area contributed by atoms with E-state index in [1.54, 1.807) is 18.3 Å². The Bertz CT molecular complexity index is 1050. The zero-order valence-corrected chi connectivity index (χ0v) is 13.5. The molecule has 0 atom stereocenters. The fourth-order valence-corrected chi connectivity index (χ4v) is 2.81. The summed E-state index contributed by atoms with van der Waals surface area (Å²) in [5.41, 5.74) is 3.00. The van der Waals surface area contributed by atoms with E-state index in [1.807, 2.05) is 12.1 Å². The zero-order valence-electron chi connectivity index (χ0n) is 11.9. The van der Waals surface area contributed by atoms with E-state index in [-0.39, 0.29) is 0 Å². The van der Waals surface area contributed by atoms with Gasteiger partial charge in [-0.2, -0.15) is 5.10 Å². The minimum absolute atomic E-state index is 0.409. The van der Waals surface area contributed by atoms with Crippen molar-refractivity contribution in [3.05, 3.63) is 40.5 Å². The number of carbonyl (C=O) groups is 1. The first-order valence-corrected chi connectivity index (χ1v) is 7.53. The van der Waals surface area contributed by atoms with E-state index in [0.717, 1.165) is 15.4 Å². The van der Waals surface area contributed by atoms with Gasteiger partial charge in [-0.3, -0.25) is 5.10 Å². The number of carbonyl (C=O) groups excluding carboxylic acids is 1. The maximum atomic E-state index is 11.9. The van der Waals surface area contributed by atoms with Gasteiger partial charge in [-0.1, -0.05) is 6.07 Å². The molecule has 8 heteroatoms. The third kappa shape index (κ3) is 2.18. The first kappa shape index (κ1) is 13.9. The number of ether oxygens (including phenoxy) is 1. The average Bonchev–Trinajstić information content (AvgIpc) is 3.16. The lowest BCUT2D eigenvalue weighted by Gasteiger charge is -1.98. The zero-order chi connectivity index (χ0) is 16.0. The molecule has 1 aromatic carbocycles. The second kappa shape index (κ2) is 5.17. The standard InChI is InChI=1S/C15H10BrN5O2/c1-23-15(22)8-3-2-4-10-11(8)19-14(18-10)12-9-5-7(16)6-17-13(9)21-20-12/h2-6H,1H3,(H,18,19)(H,17,20,21). The average molecular weight is 372 g/mol. The molecule has 0 saturated carbocycles. The van der Waals surface area contributed by atoms with Crippen LogP contribution in [0.3, 0.4) is 0 Å². The number of para-hydroxylation sites is 1. The quantitative estimate of drug-likeness (QED) is 0.527. The summed E-state index contributed by atoms with van der Waals surface area (Å²) < 4.78 is 5.65. The van der Waals surface area contributed by atoms with Crippen molar-refractivity contribution < 1.29 is 9.53 Å². The van der Waals surface area contributed by atoms with Crippen LogP contribution in [0.1, 0.15) is 10.4 Å². The Morgan fingerprint density at radius 3 is 3.04 bits per heavy atom. The molecular weight excluding hydrogens is 362 g/mol. The van der Waals surface area contributed by atoms with Crippen molar-refractivity contribution in [1.82, 2.24) is 25.1 Å². The molecule has 4 rings (SSSR count). The molecule has 3 heterocycles. The van der Waals surface area contributed by atoms with E-state index in [0.29, 0.717) is 28.2 Å². The Labute approximate surface area is 138 Å². The Balaban J connectivity index is 1.95. The molecule has 0 aliphatic rings. The Kier molecular flexibility index (Phi) is 3.12. The normalized spacial score (nSPS) is 11.2. The van der Waals surface area contributed by atoms with Crippen LogP contribution in [0.2, 0.25) is 0 Å². The van der Waals surface area contributed by atoms with Gasteiger partial charge >= 0.3 is 5.97 Å². The molecule has 0 saturated heterocycles. The highest BCUT2D eigenvalue weighted by Gasteiger charge is 2.17. The van der Waals surface area contributed by atoms with Crippen molar-refractivity contribution in [3.8, 4) is 11.5 Å². The van der Waals surface area contributed by atoms with Crippen LogP contribution in [0, 0.1) is 0 Å². The summed E-state index contributed by atoms with van der Waals surface area (Å²) in [6, 6.07) is 7.22.